The predicted octanol–water partition coefficient (Wildman–Crippen LogP) is 3.21. The summed E-state index contributed by atoms with van der Waals surface area (Å²) in [5, 5.41) is 5.20. The molecular weight excluding hydrogens is 197 g/mol. The van der Waals surface area contributed by atoms with Gasteiger partial charge in [0.05, 0.1) is 0 Å². The van der Waals surface area contributed by atoms with E-state index in [0.29, 0.717) is 0 Å². The van der Waals surface area contributed by atoms with Crippen molar-refractivity contribution < 1.29 is 4.39 Å². The Labute approximate surface area is 88.3 Å². The predicted molar refractivity (Wildman–Crippen MR) is 58.5 cm³/mol. The van der Waals surface area contributed by atoms with E-state index in [2.05, 4.69) is 5.32 Å². The molecule has 0 spiro atoms. The maximum atomic E-state index is 14.0. The molecule has 0 bridgehead atoms. The van der Waals surface area contributed by atoms with Crippen LogP contribution in [0, 0.1) is 6.92 Å². The number of halogens is 1. The van der Waals surface area contributed by atoms with Crippen LogP contribution in [0.3, 0.4) is 0 Å². The van der Waals surface area contributed by atoms with Crippen LogP contribution in [0.15, 0.2) is 11.4 Å². The van der Waals surface area contributed by atoms with E-state index in [9.17, 15) is 4.39 Å². The van der Waals surface area contributed by atoms with Gasteiger partial charge in [0, 0.05) is 10.9 Å². The number of thiophene rings is 1. The van der Waals surface area contributed by atoms with E-state index in [4.69, 9.17) is 0 Å². The van der Waals surface area contributed by atoms with Crippen LogP contribution < -0.4 is 5.32 Å². The topological polar surface area (TPSA) is 12.0 Å². The maximum Gasteiger partial charge on any atom is 0.141 e. The first-order chi connectivity index (χ1) is 6.77. The molecule has 2 atom stereocenters. The minimum absolute atomic E-state index is 0.0396. The largest absolute Gasteiger partial charge is 0.311 e. The van der Waals surface area contributed by atoms with Crippen molar-refractivity contribution in [1.29, 1.82) is 0 Å². The highest BCUT2D eigenvalue weighted by atomic mass is 32.1. The normalized spacial score (nSPS) is 24.9. The molecule has 1 aliphatic heterocycles. The van der Waals surface area contributed by atoms with Gasteiger partial charge in [-0.05, 0) is 43.3 Å². The van der Waals surface area contributed by atoms with Crippen LogP contribution in [-0.2, 0) is 0 Å². The number of alkyl halides is 1. The molecule has 2 heterocycles. The van der Waals surface area contributed by atoms with Gasteiger partial charge in [0.1, 0.15) is 6.17 Å². The van der Waals surface area contributed by atoms with E-state index in [0.717, 1.165) is 24.9 Å². The van der Waals surface area contributed by atoms with Gasteiger partial charge in [-0.2, -0.15) is 0 Å². The van der Waals surface area contributed by atoms with Crippen LogP contribution in [0.2, 0.25) is 0 Å². The minimum Gasteiger partial charge on any atom is -0.311 e. The average molecular weight is 213 g/mol. The van der Waals surface area contributed by atoms with E-state index in [1.807, 2.05) is 18.4 Å². The lowest BCUT2D eigenvalue weighted by Crippen LogP contribution is -2.37. The Morgan fingerprint density at radius 2 is 2.43 bits per heavy atom. The lowest BCUT2D eigenvalue weighted by Gasteiger charge is -2.26. The molecule has 14 heavy (non-hydrogen) atoms. The molecule has 1 aliphatic rings. The molecule has 0 radical (unpaired) electrons. The van der Waals surface area contributed by atoms with Crippen molar-refractivity contribution in [2.24, 2.45) is 0 Å². The monoisotopic (exact) mass is 213 g/mol. The SMILES string of the molecule is Cc1cc(C(F)C2CCCCN2)cs1. The molecular formula is C11H16FNS. The Morgan fingerprint density at radius 3 is 3.00 bits per heavy atom. The average Bonchev–Trinajstić information content (AvgIpc) is 2.65. The second-order valence-electron chi connectivity index (χ2n) is 3.95. The van der Waals surface area contributed by atoms with Crippen LogP contribution in [0.25, 0.3) is 0 Å². The van der Waals surface area contributed by atoms with Crippen molar-refractivity contribution >= 4 is 11.3 Å². The highest BCUT2D eigenvalue weighted by molar-refractivity contribution is 7.10. The molecule has 1 fully saturated rings. The number of aryl methyl sites for hydroxylation is 1. The second kappa shape index (κ2) is 4.41. The Kier molecular flexibility index (Phi) is 3.19. The maximum absolute atomic E-state index is 14.0. The van der Waals surface area contributed by atoms with Crippen molar-refractivity contribution in [3.63, 3.8) is 0 Å². The van der Waals surface area contributed by atoms with Crippen LogP contribution in [0.4, 0.5) is 4.39 Å². The summed E-state index contributed by atoms with van der Waals surface area (Å²) in [5.41, 5.74) is 0.854. The summed E-state index contributed by atoms with van der Waals surface area (Å²) >= 11 is 1.63. The molecule has 78 valence electrons. The molecule has 0 aromatic carbocycles. The molecule has 1 saturated heterocycles. The molecule has 1 nitrogen and oxygen atoms in total. The van der Waals surface area contributed by atoms with Gasteiger partial charge in [-0.25, -0.2) is 4.39 Å². The highest BCUT2D eigenvalue weighted by Gasteiger charge is 2.24. The Balaban J connectivity index is 2.03. The third-order valence-corrected chi connectivity index (χ3v) is 3.65. The Bertz CT molecular complexity index is 291. The summed E-state index contributed by atoms with van der Waals surface area (Å²) in [6, 6.07) is 2.00. The Morgan fingerprint density at radius 1 is 1.57 bits per heavy atom. The van der Waals surface area contributed by atoms with E-state index >= 15 is 0 Å². The molecule has 1 aromatic heterocycles. The summed E-state index contributed by atoms with van der Waals surface area (Å²) in [5.74, 6) is 0. The van der Waals surface area contributed by atoms with Crippen molar-refractivity contribution in [3.8, 4) is 0 Å². The third kappa shape index (κ3) is 2.15. The first kappa shape index (κ1) is 10.1. The zero-order valence-corrected chi connectivity index (χ0v) is 9.24. The van der Waals surface area contributed by atoms with Gasteiger partial charge in [0.2, 0.25) is 0 Å². The van der Waals surface area contributed by atoms with E-state index in [1.165, 1.54) is 11.3 Å². The van der Waals surface area contributed by atoms with Crippen LogP contribution in [0.5, 0.6) is 0 Å². The zero-order chi connectivity index (χ0) is 9.97. The van der Waals surface area contributed by atoms with Gasteiger partial charge in [0.25, 0.3) is 0 Å². The molecule has 0 aliphatic carbocycles. The van der Waals surface area contributed by atoms with Gasteiger partial charge < -0.3 is 5.32 Å². The molecule has 0 amide bonds. The summed E-state index contributed by atoms with van der Waals surface area (Å²) < 4.78 is 14.0. The fourth-order valence-corrected chi connectivity index (χ4v) is 2.69. The summed E-state index contributed by atoms with van der Waals surface area (Å²) in [6.45, 7) is 2.99. The van der Waals surface area contributed by atoms with E-state index in [1.54, 1.807) is 11.3 Å². The fraction of sp³-hybridized carbons (Fsp3) is 0.636. The van der Waals surface area contributed by atoms with Crippen molar-refractivity contribution in [3.05, 3.63) is 21.9 Å². The van der Waals surface area contributed by atoms with Crippen molar-refractivity contribution in [2.45, 2.75) is 38.4 Å². The summed E-state index contributed by atoms with van der Waals surface area (Å²) in [7, 11) is 0. The van der Waals surface area contributed by atoms with Gasteiger partial charge in [-0.1, -0.05) is 6.42 Å². The molecule has 2 rings (SSSR count). The first-order valence-electron chi connectivity index (χ1n) is 5.20. The highest BCUT2D eigenvalue weighted by Crippen LogP contribution is 2.29. The summed E-state index contributed by atoms with van der Waals surface area (Å²) in [4.78, 5) is 1.19. The Hall–Kier alpha value is -0.410. The number of rotatable bonds is 2. The van der Waals surface area contributed by atoms with Crippen molar-refractivity contribution in [2.75, 3.05) is 6.54 Å². The van der Waals surface area contributed by atoms with Gasteiger partial charge in [0.15, 0.2) is 0 Å². The number of piperidine rings is 1. The smallest absolute Gasteiger partial charge is 0.141 e. The molecule has 3 heteroatoms. The number of nitrogens with one attached hydrogen (secondary N) is 1. The summed E-state index contributed by atoms with van der Waals surface area (Å²) in [6.07, 6.45) is 2.49. The minimum atomic E-state index is -0.819. The lowest BCUT2D eigenvalue weighted by molar-refractivity contribution is 0.221. The standard InChI is InChI=1S/C11H16FNS/c1-8-6-9(7-14-8)11(12)10-4-2-3-5-13-10/h6-7,10-11,13H,2-5H2,1H3. The van der Waals surface area contributed by atoms with Gasteiger partial charge >= 0.3 is 0 Å². The first-order valence-corrected chi connectivity index (χ1v) is 6.08. The van der Waals surface area contributed by atoms with E-state index in [-0.39, 0.29) is 6.04 Å². The van der Waals surface area contributed by atoms with Crippen LogP contribution in [0.1, 0.15) is 35.9 Å². The van der Waals surface area contributed by atoms with Gasteiger partial charge in [-0.3, -0.25) is 0 Å². The molecule has 1 aromatic rings. The van der Waals surface area contributed by atoms with E-state index < -0.39 is 6.17 Å². The zero-order valence-electron chi connectivity index (χ0n) is 8.42. The van der Waals surface area contributed by atoms with Crippen molar-refractivity contribution in [1.82, 2.24) is 5.32 Å². The number of hydrogen-bond donors (Lipinski definition) is 1. The third-order valence-electron chi connectivity index (χ3n) is 2.77. The molecule has 2 unspecified atom stereocenters. The lowest BCUT2D eigenvalue weighted by atomic mass is 9.97. The van der Waals surface area contributed by atoms with Gasteiger partial charge in [-0.15, -0.1) is 11.3 Å². The quantitative estimate of drug-likeness (QED) is 0.795. The number of hydrogen-bond acceptors (Lipinski definition) is 2. The fourth-order valence-electron chi connectivity index (χ4n) is 1.97. The van der Waals surface area contributed by atoms with Crippen LogP contribution >= 0.6 is 11.3 Å². The second-order valence-corrected chi connectivity index (χ2v) is 5.06. The molecule has 0 saturated carbocycles. The molecule has 1 N–H and O–H groups in total. The van der Waals surface area contributed by atoms with Crippen LogP contribution in [-0.4, -0.2) is 12.6 Å².